The van der Waals surface area contributed by atoms with Gasteiger partial charge in [-0.25, -0.2) is 4.39 Å². The van der Waals surface area contributed by atoms with Crippen LogP contribution in [-0.4, -0.2) is 24.5 Å². The van der Waals surface area contributed by atoms with E-state index >= 15 is 0 Å². The molecule has 0 saturated heterocycles. The summed E-state index contributed by atoms with van der Waals surface area (Å²) in [5, 5.41) is 0. The molecule has 1 rings (SSSR count). The summed E-state index contributed by atoms with van der Waals surface area (Å²) in [4.78, 5) is 2.21. The number of halogens is 2. The van der Waals surface area contributed by atoms with Crippen LogP contribution in [0.25, 0.3) is 0 Å². The summed E-state index contributed by atoms with van der Waals surface area (Å²) in [5.41, 5.74) is 6.79. The summed E-state index contributed by atoms with van der Waals surface area (Å²) >= 11 is 3.48. The number of nitrogens with zero attached hydrogens (tertiary/aromatic N) is 1. The maximum absolute atomic E-state index is 13.4. The minimum atomic E-state index is -0.225. The Balaban J connectivity index is 3.05. The van der Waals surface area contributed by atoms with Crippen LogP contribution >= 0.6 is 15.9 Å². The monoisotopic (exact) mass is 316 g/mol. The summed E-state index contributed by atoms with van der Waals surface area (Å²) in [7, 11) is 2.04. The number of likely N-dealkylation sites (N-methyl/N-ethyl adjacent to an activating group) is 1. The number of rotatable bonds is 5. The number of hydrogen-bond acceptors (Lipinski definition) is 2. The van der Waals surface area contributed by atoms with Gasteiger partial charge < -0.3 is 5.73 Å². The molecule has 0 aliphatic carbocycles. The molecule has 0 saturated carbocycles. The molecule has 0 spiro atoms. The molecule has 2 nitrogen and oxygen atoms in total. The van der Waals surface area contributed by atoms with E-state index in [0.717, 1.165) is 10.0 Å². The zero-order valence-electron chi connectivity index (χ0n) is 11.5. The third kappa shape index (κ3) is 3.53. The fourth-order valence-corrected chi connectivity index (χ4v) is 2.55. The Labute approximate surface area is 117 Å². The van der Waals surface area contributed by atoms with Gasteiger partial charge in [-0.2, -0.15) is 0 Å². The molecule has 1 aromatic rings. The lowest BCUT2D eigenvalue weighted by Gasteiger charge is -2.35. The molecule has 102 valence electrons. The molecule has 2 N–H and O–H groups in total. The van der Waals surface area contributed by atoms with Crippen molar-refractivity contribution in [2.75, 3.05) is 13.6 Å². The molecule has 18 heavy (non-hydrogen) atoms. The van der Waals surface area contributed by atoms with Crippen molar-refractivity contribution in [3.8, 4) is 0 Å². The molecule has 0 aliphatic rings. The molecular formula is C14H22BrFN2. The molecule has 2 atom stereocenters. The van der Waals surface area contributed by atoms with Gasteiger partial charge in [-0.05, 0) is 43.7 Å². The van der Waals surface area contributed by atoms with Gasteiger partial charge in [0.05, 0.1) is 0 Å². The normalized spacial score (nSPS) is 15.2. The molecule has 0 aromatic heterocycles. The van der Waals surface area contributed by atoms with E-state index in [0.29, 0.717) is 18.5 Å². The van der Waals surface area contributed by atoms with Crippen molar-refractivity contribution in [3.63, 3.8) is 0 Å². The van der Waals surface area contributed by atoms with Gasteiger partial charge in [0.25, 0.3) is 0 Å². The second-order valence-electron chi connectivity index (χ2n) is 5.07. The minimum Gasteiger partial charge on any atom is -0.329 e. The first-order chi connectivity index (χ1) is 8.38. The van der Waals surface area contributed by atoms with Crippen LogP contribution in [0.5, 0.6) is 0 Å². The van der Waals surface area contributed by atoms with Gasteiger partial charge in [0, 0.05) is 23.1 Å². The Morgan fingerprint density at radius 1 is 1.33 bits per heavy atom. The zero-order chi connectivity index (χ0) is 13.9. The predicted molar refractivity (Wildman–Crippen MR) is 78.0 cm³/mol. The molecule has 0 bridgehead atoms. The van der Waals surface area contributed by atoms with Crippen LogP contribution in [0.15, 0.2) is 22.7 Å². The highest BCUT2D eigenvalue weighted by molar-refractivity contribution is 9.10. The first-order valence-electron chi connectivity index (χ1n) is 6.25. The molecule has 4 heteroatoms. The van der Waals surface area contributed by atoms with E-state index in [-0.39, 0.29) is 11.9 Å². The Bertz CT molecular complexity index is 395. The molecule has 0 aliphatic heterocycles. The van der Waals surface area contributed by atoms with Crippen molar-refractivity contribution in [2.24, 2.45) is 11.7 Å². The van der Waals surface area contributed by atoms with Gasteiger partial charge in [0.2, 0.25) is 0 Å². The van der Waals surface area contributed by atoms with Crippen molar-refractivity contribution in [1.29, 1.82) is 0 Å². The average molecular weight is 317 g/mol. The summed E-state index contributed by atoms with van der Waals surface area (Å²) in [6, 6.07) is 5.15. The van der Waals surface area contributed by atoms with Crippen LogP contribution in [0.4, 0.5) is 4.39 Å². The van der Waals surface area contributed by atoms with Gasteiger partial charge in [-0.15, -0.1) is 0 Å². The van der Waals surface area contributed by atoms with Crippen molar-refractivity contribution in [2.45, 2.75) is 32.9 Å². The Morgan fingerprint density at radius 3 is 2.44 bits per heavy atom. The topological polar surface area (TPSA) is 29.3 Å². The lowest BCUT2D eigenvalue weighted by atomic mass is 9.99. The molecule has 0 radical (unpaired) electrons. The fourth-order valence-electron chi connectivity index (χ4n) is 2.04. The maximum atomic E-state index is 13.4. The summed E-state index contributed by atoms with van der Waals surface area (Å²) in [6.07, 6.45) is 0. The van der Waals surface area contributed by atoms with E-state index in [9.17, 15) is 4.39 Å². The summed E-state index contributed by atoms with van der Waals surface area (Å²) < 4.78 is 14.3. The van der Waals surface area contributed by atoms with Crippen molar-refractivity contribution < 1.29 is 4.39 Å². The second-order valence-corrected chi connectivity index (χ2v) is 5.92. The van der Waals surface area contributed by atoms with Crippen LogP contribution in [0.3, 0.4) is 0 Å². The fraction of sp³-hybridized carbons (Fsp3) is 0.571. The third-order valence-electron chi connectivity index (χ3n) is 3.64. The van der Waals surface area contributed by atoms with Gasteiger partial charge >= 0.3 is 0 Å². The molecular weight excluding hydrogens is 295 g/mol. The highest BCUT2D eigenvalue weighted by Crippen LogP contribution is 2.29. The maximum Gasteiger partial charge on any atom is 0.123 e. The van der Waals surface area contributed by atoms with E-state index in [2.05, 4.69) is 41.6 Å². The molecule has 0 heterocycles. The van der Waals surface area contributed by atoms with E-state index in [1.54, 1.807) is 12.1 Å². The Morgan fingerprint density at radius 2 is 1.94 bits per heavy atom. The SMILES string of the molecule is CC(C)C(C)N(C)C(CN)c1cc(F)ccc1Br. The van der Waals surface area contributed by atoms with Crippen LogP contribution < -0.4 is 5.73 Å². The smallest absolute Gasteiger partial charge is 0.123 e. The number of nitrogens with two attached hydrogens (primary N) is 1. The van der Waals surface area contributed by atoms with Gasteiger partial charge in [0.15, 0.2) is 0 Å². The summed E-state index contributed by atoms with van der Waals surface area (Å²) in [6.45, 7) is 6.99. The van der Waals surface area contributed by atoms with Crippen LogP contribution in [0, 0.1) is 11.7 Å². The van der Waals surface area contributed by atoms with Crippen LogP contribution in [0.1, 0.15) is 32.4 Å². The average Bonchev–Trinajstić information content (AvgIpc) is 2.33. The van der Waals surface area contributed by atoms with Gasteiger partial charge in [-0.1, -0.05) is 29.8 Å². The third-order valence-corrected chi connectivity index (χ3v) is 4.36. The van der Waals surface area contributed by atoms with Gasteiger partial charge in [0.1, 0.15) is 5.82 Å². The highest BCUT2D eigenvalue weighted by Gasteiger charge is 2.24. The number of benzene rings is 1. The Hall–Kier alpha value is -0.450. The van der Waals surface area contributed by atoms with Crippen molar-refractivity contribution in [1.82, 2.24) is 4.90 Å². The summed E-state index contributed by atoms with van der Waals surface area (Å²) in [5.74, 6) is 0.300. The zero-order valence-corrected chi connectivity index (χ0v) is 13.0. The van der Waals surface area contributed by atoms with Crippen molar-refractivity contribution >= 4 is 15.9 Å². The Kier molecular flexibility index (Phi) is 5.76. The standard InChI is InChI=1S/C14H22BrFN2/c1-9(2)10(3)18(4)14(8-17)12-7-11(16)5-6-13(12)15/h5-7,9-10,14H,8,17H2,1-4H3. The molecule has 0 fully saturated rings. The lowest BCUT2D eigenvalue weighted by Crippen LogP contribution is -2.39. The number of hydrogen-bond donors (Lipinski definition) is 1. The second kappa shape index (κ2) is 6.64. The van der Waals surface area contributed by atoms with E-state index in [4.69, 9.17) is 5.73 Å². The largest absolute Gasteiger partial charge is 0.329 e. The lowest BCUT2D eigenvalue weighted by molar-refractivity contribution is 0.151. The minimum absolute atomic E-state index is 0.0208. The van der Waals surface area contributed by atoms with Crippen LogP contribution in [-0.2, 0) is 0 Å². The van der Waals surface area contributed by atoms with E-state index < -0.39 is 0 Å². The predicted octanol–water partition coefficient (Wildman–Crippen LogP) is 3.56. The van der Waals surface area contributed by atoms with Crippen molar-refractivity contribution in [3.05, 3.63) is 34.1 Å². The highest BCUT2D eigenvalue weighted by atomic mass is 79.9. The quantitative estimate of drug-likeness (QED) is 0.900. The van der Waals surface area contributed by atoms with Crippen LogP contribution in [0.2, 0.25) is 0 Å². The molecule has 0 amide bonds. The molecule has 1 aromatic carbocycles. The van der Waals surface area contributed by atoms with Gasteiger partial charge in [-0.3, -0.25) is 4.90 Å². The molecule has 2 unspecified atom stereocenters. The first kappa shape index (κ1) is 15.6. The van der Waals surface area contributed by atoms with E-state index in [1.807, 2.05) is 7.05 Å². The first-order valence-corrected chi connectivity index (χ1v) is 7.04. The van der Waals surface area contributed by atoms with E-state index in [1.165, 1.54) is 6.07 Å².